The van der Waals surface area contributed by atoms with E-state index in [2.05, 4.69) is 36.4 Å². The lowest BCUT2D eigenvalue weighted by Gasteiger charge is -2.16. The van der Waals surface area contributed by atoms with Crippen molar-refractivity contribution in [2.24, 2.45) is 0 Å². The molecule has 0 aliphatic heterocycles. The molecule has 2 nitrogen and oxygen atoms in total. The maximum absolute atomic E-state index is 12.3. The van der Waals surface area contributed by atoms with E-state index in [1.165, 1.54) is 71.9 Å². The summed E-state index contributed by atoms with van der Waals surface area (Å²) in [5.41, 5.74) is 8.35. The predicted octanol–water partition coefficient (Wildman–Crippen LogP) is 5.54. The minimum absolute atomic E-state index is 0.0816. The molecule has 2 aromatic carbocycles. The van der Waals surface area contributed by atoms with E-state index in [4.69, 9.17) is 0 Å². The molecular weight excluding hydrogens is 356 g/mol. The van der Waals surface area contributed by atoms with E-state index in [0.29, 0.717) is 12.8 Å². The van der Waals surface area contributed by atoms with Crippen LogP contribution in [-0.2, 0) is 48.1 Å². The second-order valence-electron chi connectivity index (χ2n) is 8.87. The van der Waals surface area contributed by atoms with Crippen LogP contribution in [0.1, 0.15) is 78.3 Å². The summed E-state index contributed by atoms with van der Waals surface area (Å²) in [5, 5.41) is 0. The Labute approximate surface area is 174 Å². The summed E-state index contributed by atoms with van der Waals surface area (Å²) >= 11 is 0. The van der Waals surface area contributed by atoms with Gasteiger partial charge in [-0.2, -0.15) is 0 Å². The molecule has 2 aliphatic carbocycles. The van der Waals surface area contributed by atoms with E-state index >= 15 is 0 Å². The summed E-state index contributed by atoms with van der Waals surface area (Å²) in [6.07, 6.45) is 12.4. The normalized spacial score (nSPS) is 15.4. The third-order valence-electron chi connectivity index (χ3n) is 6.61. The molecule has 0 atom stereocenters. The number of carbonyl (C=O) groups excluding carboxylic acids is 2. The zero-order chi connectivity index (χ0) is 20.1. The number of fused-ring (bicyclic) bond motifs is 2. The van der Waals surface area contributed by atoms with Gasteiger partial charge in [0, 0.05) is 12.8 Å². The van der Waals surface area contributed by atoms with Gasteiger partial charge in [-0.25, -0.2) is 0 Å². The number of Topliss-reactive ketones (excluding diaryl/α,β-unsaturated/α-hetero) is 2. The molecule has 0 aromatic heterocycles. The highest BCUT2D eigenvalue weighted by molar-refractivity contribution is 5.99. The minimum Gasteiger partial charge on any atom is -0.299 e. The molecule has 0 fully saturated rings. The van der Waals surface area contributed by atoms with Crippen LogP contribution in [-0.4, -0.2) is 11.6 Å². The Morgan fingerprint density at radius 2 is 1.00 bits per heavy atom. The Kier molecular flexibility index (Phi) is 6.59. The second-order valence-corrected chi connectivity index (χ2v) is 8.87. The quantitative estimate of drug-likeness (QED) is 0.557. The van der Waals surface area contributed by atoms with Gasteiger partial charge in [0.2, 0.25) is 0 Å². The number of hydrogen-bond donors (Lipinski definition) is 0. The van der Waals surface area contributed by atoms with Crippen molar-refractivity contribution < 1.29 is 9.59 Å². The van der Waals surface area contributed by atoms with Gasteiger partial charge in [0.05, 0.1) is 6.42 Å². The molecule has 0 radical (unpaired) electrons. The second kappa shape index (κ2) is 9.52. The topological polar surface area (TPSA) is 34.1 Å². The summed E-state index contributed by atoms with van der Waals surface area (Å²) in [4.78, 5) is 24.6. The van der Waals surface area contributed by atoms with Gasteiger partial charge in [-0.05, 0) is 97.6 Å². The van der Waals surface area contributed by atoms with Crippen molar-refractivity contribution in [1.82, 2.24) is 0 Å². The maximum atomic E-state index is 12.3. The average molecular weight is 389 g/mol. The largest absolute Gasteiger partial charge is 0.299 e. The van der Waals surface area contributed by atoms with Gasteiger partial charge in [-0.15, -0.1) is 0 Å². The fourth-order valence-corrected chi connectivity index (χ4v) is 4.85. The van der Waals surface area contributed by atoms with Crippen LogP contribution in [0.3, 0.4) is 0 Å². The molecule has 152 valence electrons. The lowest BCUT2D eigenvalue weighted by molar-refractivity contribution is -0.126. The SMILES string of the molecule is O=C(CCc1ccc2c(c1)CCCC2)CC(=O)CCc1ccc2c(c1)CCCC2. The third kappa shape index (κ3) is 5.44. The number of ketones is 2. The summed E-state index contributed by atoms with van der Waals surface area (Å²) in [7, 11) is 0. The van der Waals surface area contributed by atoms with E-state index in [9.17, 15) is 9.59 Å². The summed E-state index contributed by atoms with van der Waals surface area (Å²) in [5.74, 6) is 0.163. The molecule has 0 unspecified atom stereocenters. The zero-order valence-electron chi connectivity index (χ0n) is 17.5. The third-order valence-corrected chi connectivity index (χ3v) is 6.61. The number of aryl methyl sites for hydroxylation is 6. The van der Waals surface area contributed by atoms with Gasteiger partial charge in [0.25, 0.3) is 0 Å². The molecule has 0 amide bonds. The van der Waals surface area contributed by atoms with Gasteiger partial charge in [-0.3, -0.25) is 9.59 Å². The van der Waals surface area contributed by atoms with Crippen LogP contribution < -0.4 is 0 Å². The molecule has 0 saturated heterocycles. The summed E-state index contributed by atoms with van der Waals surface area (Å²) < 4.78 is 0. The monoisotopic (exact) mass is 388 g/mol. The van der Waals surface area contributed by atoms with Crippen LogP contribution in [0.4, 0.5) is 0 Å². The summed E-state index contributed by atoms with van der Waals surface area (Å²) in [6, 6.07) is 13.3. The van der Waals surface area contributed by atoms with Gasteiger partial charge in [0.1, 0.15) is 11.6 Å². The highest BCUT2D eigenvalue weighted by atomic mass is 16.1. The number of hydrogen-bond acceptors (Lipinski definition) is 2. The van der Waals surface area contributed by atoms with Crippen molar-refractivity contribution in [3.63, 3.8) is 0 Å². The first-order valence-electron chi connectivity index (χ1n) is 11.4. The van der Waals surface area contributed by atoms with Crippen LogP contribution >= 0.6 is 0 Å². The minimum atomic E-state index is 0.0816. The van der Waals surface area contributed by atoms with Crippen molar-refractivity contribution in [3.05, 3.63) is 69.8 Å². The van der Waals surface area contributed by atoms with Crippen molar-refractivity contribution in [3.8, 4) is 0 Å². The van der Waals surface area contributed by atoms with Crippen LogP contribution in [0.5, 0.6) is 0 Å². The molecule has 0 N–H and O–H groups in total. The first-order chi connectivity index (χ1) is 14.2. The predicted molar refractivity (Wildman–Crippen MR) is 117 cm³/mol. The Morgan fingerprint density at radius 3 is 1.45 bits per heavy atom. The maximum Gasteiger partial charge on any atom is 0.140 e. The molecule has 4 rings (SSSR count). The standard InChI is InChI=1S/C27H32O2/c28-26(15-11-20-9-13-22-5-1-3-7-24(22)17-20)19-27(29)16-12-21-10-14-23-6-2-4-8-25(23)18-21/h9-10,13-14,17-18H,1-8,11-12,15-16,19H2. The highest BCUT2D eigenvalue weighted by Crippen LogP contribution is 2.24. The molecule has 29 heavy (non-hydrogen) atoms. The lowest BCUT2D eigenvalue weighted by Crippen LogP contribution is -2.10. The fraction of sp³-hybridized carbons (Fsp3) is 0.481. The van der Waals surface area contributed by atoms with Gasteiger partial charge in [0.15, 0.2) is 0 Å². The first kappa shape index (κ1) is 20.1. The van der Waals surface area contributed by atoms with Crippen LogP contribution in [0.15, 0.2) is 36.4 Å². The molecule has 0 bridgehead atoms. The van der Waals surface area contributed by atoms with Gasteiger partial charge < -0.3 is 0 Å². The van der Waals surface area contributed by atoms with Gasteiger partial charge >= 0.3 is 0 Å². The summed E-state index contributed by atoms with van der Waals surface area (Å²) in [6.45, 7) is 0. The molecule has 2 aromatic rings. The van der Waals surface area contributed by atoms with Crippen LogP contribution in [0.25, 0.3) is 0 Å². The van der Waals surface area contributed by atoms with E-state index < -0.39 is 0 Å². The van der Waals surface area contributed by atoms with Crippen LogP contribution in [0.2, 0.25) is 0 Å². The Hall–Kier alpha value is -2.22. The molecule has 0 heterocycles. The lowest BCUT2D eigenvalue weighted by atomic mass is 9.89. The first-order valence-corrected chi connectivity index (χ1v) is 11.4. The average Bonchev–Trinajstić information content (AvgIpc) is 2.76. The Balaban J connectivity index is 1.22. The van der Waals surface area contributed by atoms with E-state index in [0.717, 1.165) is 25.7 Å². The molecule has 2 aliphatic rings. The molecule has 2 heteroatoms. The molecule has 0 saturated carbocycles. The highest BCUT2D eigenvalue weighted by Gasteiger charge is 2.14. The molecular formula is C27H32O2. The fourth-order valence-electron chi connectivity index (χ4n) is 4.85. The Morgan fingerprint density at radius 1 is 0.586 bits per heavy atom. The van der Waals surface area contributed by atoms with E-state index in [-0.39, 0.29) is 18.0 Å². The number of carbonyl (C=O) groups is 2. The van der Waals surface area contributed by atoms with E-state index in [1.807, 2.05) is 0 Å². The number of rotatable bonds is 8. The van der Waals surface area contributed by atoms with Gasteiger partial charge in [-0.1, -0.05) is 36.4 Å². The smallest absolute Gasteiger partial charge is 0.140 e. The van der Waals surface area contributed by atoms with Crippen molar-refractivity contribution in [1.29, 1.82) is 0 Å². The van der Waals surface area contributed by atoms with Crippen LogP contribution in [0, 0.1) is 0 Å². The van der Waals surface area contributed by atoms with Crippen molar-refractivity contribution in [2.45, 2.75) is 83.5 Å². The molecule has 0 spiro atoms. The van der Waals surface area contributed by atoms with Crippen molar-refractivity contribution >= 4 is 11.6 Å². The van der Waals surface area contributed by atoms with Crippen molar-refractivity contribution in [2.75, 3.05) is 0 Å². The van der Waals surface area contributed by atoms with E-state index in [1.54, 1.807) is 0 Å². The number of benzene rings is 2. The zero-order valence-corrected chi connectivity index (χ0v) is 17.5. The Bertz CT molecular complexity index is 820.